The third-order valence-corrected chi connectivity index (χ3v) is 11.2. The van der Waals surface area contributed by atoms with Crippen LogP contribution in [0.1, 0.15) is 57.6 Å². The number of carboxylic acids is 1. The van der Waals surface area contributed by atoms with Gasteiger partial charge in [-0.1, -0.05) is 97.1 Å². The predicted molar refractivity (Wildman–Crippen MR) is 211 cm³/mol. The summed E-state index contributed by atoms with van der Waals surface area (Å²) in [6, 6.07) is 41.2. The molecule has 1 aliphatic rings. The van der Waals surface area contributed by atoms with E-state index in [2.05, 4.69) is 60.7 Å². The van der Waals surface area contributed by atoms with Gasteiger partial charge < -0.3 is 24.1 Å². The monoisotopic (exact) mass is 702 g/mol. The summed E-state index contributed by atoms with van der Waals surface area (Å²) >= 11 is 0. The minimum absolute atomic E-state index is 0.0263. The standard InChI is InChI=1S/C47H42O6/c1-50-40-24-17-28(26-42(40)52-3)25-38-32-20-22-34-36-15-10-16-41(51-2)46(36)43(53-4)27-39(34)33(32)21-23-35(38)37-19-18-29-11-8-9-14-31(29)45(37)44(47(48)49)30-12-6-5-7-13-30/h5-20,22,24,26-27,35,38,44H,21,23,25H2,1-4H3,(H,48,49). The van der Waals surface area contributed by atoms with Crippen molar-refractivity contribution in [2.24, 2.45) is 0 Å². The number of rotatable bonds is 10. The Morgan fingerprint density at radius 1 is 0.642 bits per heavy atom. The van der Waals surface area contributed by atoms with Crippen molar-refractivity contribution in [1.82, 2.24) is 0 Å². The van der Waals surface area contributed by atoms with Gasteiger partial charge in [-0.2, -0.15) is 0 Å². The van der Waals surface area contributed by atoms with Gasteiger partial charge in [0.1, 0.15) is 17.4 Å². The fraction of sp³-hybridized carbons (Fsp3) is 0.213. The van der Waals surface area contributed by atoms with Crippen LogP contribution in [0.3, 0.4) is 0 Å². The van der Waals surface area contributed by atoms with Crippen molar-refractivity contribution in [2.75, 3.05) is 28.4 Å². The van der Waals surface area contributed by atoms with Gasteiger partial charge in [-0.05, 0) is 116 Å². The Kier molecular flexibility index (Phi) is 9.13. The Morgan fingerprint density at radius 2 is 1.36 bits per heavy atom. The molecule has 0 fully saturated rings. The van der Waals surface area contributed by atoms with E-state index in [1.807, 2.05) is 60.7 Å². The first-order valence-corrected chi connectivity index (χ1v) is 18.0. The van der Waals surface area contributed by atoms with E-state index < -0.39 is 11.9 Å². The van der Waals surface area contributed by atoms with E-state index in [9.17, 15) is 9.90 Å². The fourth-order valence-corrected chi connectivity index (χ4v) is 8.89. The van der Waals surface area contributed by atoms with Crippen LogP contribution >= 0.6 is 0 Å². The van der Waals surface area contributed by atoms with Crippen molar-refractivity contribution < 1.29 is 28.8 Å². The van der Waals surface area contributed by atoms with E-state index in [-0.39, 0.29) is 11.8 Å². The first-order valence-electron chi connectivity index (χ1n) is 18.0. The molecule has 8 rings (SSSR count). The summed E-state index contributed by atoms with van der Waals surface area (Å²) in [7, 11) is 6.72. The summed E-state index contributed by atoms with van der Waals surface area (Å²) in [5, 5.41) is 17.3. The number of methoxy groups -OCH3 is 4. The number of hydrogen-bond donors (Lipinski definition) is 1. The van der Waals surface area contributed by atoms with Crippen molar-refractivity contribution in [2.45, 2.75) is 37.0 Å². The van der Waals surface area contributed by atoms with Crippen LogP contribution in [0.4, 0.5) is 0 Å². The Bertz CT molecular complexity index is 2490. The smallest absolute Gasteiger partial charge is 0.315 e. The summed E-state index contributed by atoms with van der Waals surface area (Å²) in [5.74, 6) is 1.29. The van der Waals surface area contributed by atoms with Crippen molar-refractivity contribution in [3.05, 3.63) is 155 Å². The van der Waals surface area contributed by atoms with Crippen molar-refractivity contribution in [3.8, 4) is 23.0 Å². The molecule has 53 heavy (non-hydrogen) atoms. The third kappa shape index (κ3) is 5.88. The molecule has 0 saturated carbocycles. The van der Waals surface area contributed by atoms with Gasteiger partial charge in [0, 0.05) is 0 Å². The van der Waals surface area contributed by atoms with Crippen LogP contribution in [0.15, 0.2) is 121 Å². The molecule has 0 spiro atoms. The Morgan fingerprint density at radius 3 is 2.11 bits per heavy atom. The molecule has 3 unspecified atom stereocenters. The molecule has 0 amide bonds. The molecule has 0 saturated heterocycles. The zero-order valence-electron chi connectivity index (χ0n) is 30.4. The highest BCUT2D eigenvalue weighted by Crippen LogP contribution is 2.51. The summed E-state index contributed by atoms with van der Waals surface area (Å²) in [6.45, 7) is 0. The van der Waals surface area contributed by atoms with Crippen LogP contribution in [0.25, 0.3) is 32.3 Å². The summed E-state index contributed by atoms with van der Waals surface area (Å²) in [4.78, 5) is 13.4. The second kappa shape index (κ2) is 14.2. The number of aliphatic carboxylic acids is 1. The van der Waals surface area contributed by atoms with Crippen LogP contribution in [-0.4, -0.2) is 39.5 Å². The highest BCUT2D eigenvalue weighted by atomic mass is 16.5. The van der Waals surface area contributed by atoms with Crippen LogP contribution in [0.5, 0.6) is 23.0 Å². The van der Waals surface area contributed by atoms with Gasteiger partial charge in [0.25, 0.3) is 0 Å². The number of hydrogen-bond acceptors (Lipinski definition) is 5. The first kappa shape index (κ1) is 34.1. The Labute approximate surface area is 309 Å². The van der Waals surface area contributed by atoms with Gasteiger partial charge in [0.15, 0.2) is 11.5 Å². The molecule has 0 radical (unpaired) electrons. The number of carboxylic acid groups (broad SMARTS) is 1. The second-order valence-corrected chi connectivity index (χ2v) is 13.8. The maximum absolute atomic E-state index is 13.4. The van der Waals surface area contributed by atoms with Crippen LogP contribution in [0.2, 0.25) is 0 Å². The molecule has 0 heterocycles. The van der Waals surface area contributed by atoms with Gasteiger partial charge in [-0.25, -0.2) is 0 Å². The first-order chi connectivity index (χ1) is 25.9. The van der Waals surface area contributed by atoms with Crippen molar-refractivity contribution in [3.63, 3.8) is 0 Å². The van der Waals surface area contributed by atoms with Gasteiger partial charge in [-0.3, -0.25) is 4.79 Å². The fourth-order valence-electron chi connectivity index (χ4n) is 8.89. The van der Waals surface area contributed by atoms with Crippen LogP contribution in [-0.2, 0) is 17.6 Å². The molecule has 6 heteroatoms. The highest BCUT2D eigenvalue weighted by molar-refractivity contribution is 6.13. The van der Waals surface area contributed by atoms with E-state index in [0.717, 1.165) is 79.9 Å². The van der Waals surface area contributed by atoms with Crippen LogP contribution < -0.4 is 18.9 Å². The molecular weight excluding hydrogens is 661 g/mol. The molecule has 7 aromatic rings. The van der Waals surface area contributed by atoms with E-state index in [1.54, 1.807) is 28.4 Å². The molecule has 266 valence electrons. The van der Waals surface area contributed by atoms with Crippen molar-refractivity contribution >= 4 is 38.3 Å². The number of aryl methyl sites for hydroxylation is 1. The summed E-state index contributed by atoms with van der Waals surface area (Å²) < 4.78 is 23.1. The maximum atomic E-state index is 13.4. The molecule has 1 N–H and O–H groups in total. The largest absolute Gasteiger partial charge is 0.496 e. The molecule has 1 aliphatic carbocycles. The predicted octanol–water partition coefficient (Wildman–Crippen LogP) is 10.5. The zero-order chi connectivity index (χ0) is 36.6. The minimum Gasteiger partial charge on any atom is -0.496 e. The molecule has 7 aromatic carbocycles. The quantitative estimate of drug-likeness (QED) is 0.143. The Balaban J connectivity index is 1.38. The third-order valence-electron chi connectivity index (χ3n) is 11.2. The van der Waals surface area contributed by atoms with Gasteiger partial charge in [0.05, 0.1) is 33.8 Å². The van der Waals surface area contributed by atoms with E-state index in [4.69, 9.17) is 18.9 Å². The number of carbonyl (C=O) groups is 1. The molecule has 3 atom stereocenters. The zero-order valence-corrected chi connectivity index (χ0v) is 30.4. The van der Waals surface area contributed by atoms with E-state index >= 15 is 0 Å². The number of fused-ring (bicyclic) bond motifs is 6. The lowest BCUT2D eigenvalue weighted by Crippen LogP contribution is -2.25. The van der Waals surface area contributed by atoms with Gasteiger partial charge in [0.2, 0.25) is 0 Å². The van der Waals surface area contributed by atoms with Gasteiger partial charge >= 0.3 is 5.97 Å². The molecular formula is C47H42O6. The maximum Gasteiger partial charge on any atom is 0.315 e. The summed E-state index contributed by atoms with van der Waals surface area (Å²) in [6.07, 6.45) is 2.39. The molecule has 0 bridgehead atoms. The topological polar surface area (TPSA) is 74.2 Å². The number of ether oxygens (including phenoxy) is 4. The second-order valence-electron chi connectivity index (χ2n) is 13.8. The van der Waals surface area contributed by atoms with Gasteiger partial charge in [-0.15, -0.1) is 0 Å². The normalized spacial score (nSPS) is 15.9. The minimum atomic E-state index is -0.859. The lowest BCUT2D eigenvalue weighted by atomic mass is 9.66. The van der Waals surface area contributed by atoms with Crippen LogP contribution in [0, 0.1) is 0 Å². The van der Waals surface area contributed by atoms with E-state index in [1.165, 1.54) is 16.5 Å². The summed E-state index contributed by atoms with van der Waals surface area (Å²) in [5.41, 5.74) is 6.40. The molecule has 0 aliphatic heterocycles. The average Bonchev–Trinajstić information content (AvgIpc) is 3.20. The van der Waals surface area contributed by atoms with Crippen molar-refractivity contribution in [1.29, 1.82) is 0 Å². The number of benzene rings is 7. The molecule has 6 nitrogen and oxygen atoms in total. The Hall–Kier alpha value is -6.01. The van der Waals surface area contributed by atoms with E-state index in [0.29, 0.717) is 11.5 Å². The lowest BCUT2D eigenvalue weighted by Gasteiger charge is -2.37. The SMILES string of the molecule is COc1ccc(CC2c3ccc4c(cc(OC)c5c(OC)cccc54)c3CCC2c2ccc3ccccc3c2C(C(=O)O)c2ccccc2)cc1OC. The lowest BCUT2D eigenvalue weighted by molar-refractivity contribution is -0.137. The molecule has 0 aromatic heterocycles. The highest BCUT2D eigenvalue weighted by Gasteiger charge is 2.37. The average molecular weight is 703 g/mol.